The second kappa shape index (κ2) is 13.5. The van der Waals surface area contributed by atoms with Gasteiger partial charge in [-0.3, -0.25) is 14.2 Å². The zero-order chi connectivity index (χ0) is 33.8. The summed E-state index contributed by atoms with van der Waals surface area (Å²) in [4.78, 5) is 37.8. The SMILES string of the molecule is CCOc1ccn(-c2ccc(F)cc2)c(=O)c1C(=O)Nc1ccc(Oc2ccnn3ccc(-c4cccc(COC(N)=O)c4)c23)c(F)c1. The van der Waals surface area contributed by atoms with E-state index in [9.17, 15) is 18.8 Å². The number of aromatic nitrogens is 3. The number of nitrogens with zero attached hydrogens (tertiary/aromatic N) is 3. The predicted molar refractivity (Wildman–Crippen MR) is 173 cm³/mol. The number of halogens is 2. The number of anilines is 1. The highest BCUT2D eigenvalue weighted by atomic mass is 19.1. The van der Waals surface area contributed by atoms with Crippen LogP contribution in [0.5, 0.6) is 17.2 Å². The Kier molecular flexibility index (Phi) is 8.83. The van der Waals surface area contributed by atoms with E-state index in [1.54, 1.807) is 35.8 Å². The smallest absolute Gasteiger partial charge is 0.404 e. The normalized spacial score (nSPS) is 10.9. The summed E-state index contributed by atoms with van der Waals surface area (Å²) in [5, 5.41) is 6.88. The highest BCUT2D eigenvalue weighted by Gasteiger charge is 2.21. The van der Waals surface area contributed by atoms with Crippen molar-refractivity contribution in [3.63, 3.8) is 0 Å². The van der Waals surface area contributed by atoms with Crippen LogP contribution in [0.25, 0.3) is 22.3 Å². The van der Waals surface area contributed by atoms with Crippen molar-refractivity contribution in [1.82, 2.24) is 14.2 Å². The fraction of sp³-hybridized carbons (Fsp3) is 0.0857. The number of nitrogens with one attached hydrogen (secondary N) is 1. The molecule has 3 heterocycles. The van der Waals surface area contributed by atoms with Gasteiger partial charge in [0.2, 0.25) is 0 Å². The minimum Gasteiger partial charge on any atom is -0.493 e. The van der Waals surface area contributed by atoms with Crippen molar-refractivity contribution < 1.29 is 32.6 Å². The first-order valence-electron chi connectivity index (χ1n) is 14.6. The highest BCUT2D eigenvalue weighted by molar-refractivity contribution is 6.06. The molecule has 3 N–H and O–H groups in total. The molecule has 3 aromatic carbocycles. The Morgan fingerprint density at radius 3 is 2.48 bits per heavy atom. The molecule has 0 aliphatic rings. The summed E-state index contributed by atoms with van der Waals surface area (Å²) in [6, 6.07) is 21.2. The zero-order valence-corrected chi connectivity index (χ0v) is 25.4. The first-order chi connectivity index (χ1) is 23.2. The van der Waals surface area contributed by atoms with Gasteiger partial charge in [0.1, 0.15) is 29.3 Å². The lowest BCUT2D eigenvalue weighted by Gasteiger charge is -2.14. The summed E-state index contributed by atoms with van der Waals surface area (Å²) >= 11 is 0. The number of nitrogens with two attached hydrogens (primary N) is 1. The second-order valence-electron chi connectivity index (χ2n) is 10.4. The Morgan fingerprint density at radius 2 is 1.73 bits per heavy atom. The average Bonchev–Trinajstić information content (AvgIpc) is 3.51. The number of ether oxygens (including phenoxy) is 3. The van der Waals surface area contributed by atoms with Gasteiger partial charge >= 0.3 is 6.09 Å². The number of fused-ring (bicyclic) bond motifs is 1. The van der Waals surface area contributed by atoms with E-state index in [-0.39, 0.29) is 36.0 Å². The van der Waals surface area contributed by atoms with E-state index in [0.29, 0.717) is 22.5 Å². The lowest BCUT2D eigenvalue weighted by Crippen LogP contribution is -2.29. The third-order valence-electron chi connectivity index (χ3n) is 7.23. The van der Waals surface area contributed by atoms with Crippen LogP contribution in [0, 0.1) is 11.6 Å². The highest BCUT2D eigenvalue weighted by Crippen LogP contribution is 2.36. The van der Waals surface area contributed by atoms with E-state index in [0.717, 1.165) is 17.2 Å². The van der Waals surface area contributed by atoms with Gasteiger partial charge < -0.3 is 25.3 Å². The predicted octanol–water partition coefficient (Wildman–Crippen LogP) is 6.47. The lowest BCUT2D eigenvalue weighted by molar-refractivity contribution is 0.102. The topological polar surface area (TPSA) is 139 Å². The number of benzene rings is 3. The Hall–Kier alpha value is -6.50. The van der Waals surface area contributed by atoms with Crippen LogP contribution in [0.1, 0.15) is 22.8 Å². The molecule has 242 valence electrons. The van der Waals surface area contributed by atoms with E-state index in [2.05, 4.69) is 10.4 Å². The van der Waals surface area contributed by atoms with Crippen molar-refractivity contribution in [2.75, 3.05) is 11.9 Å². The molecule has 11 nitrogen and oxygen atoms in total. The number of primary amides is 1. The maximum atomic E-state index is 15.5. The number of carbonyl (C=O) groups is 2. The molecule has 0 unspecified atom stereocenters. The van der Waals surface area contributed by atoms with Gasteiger partial charge in [0.15, 0.2) is 17.3 Å². The summed E-state index contributed by atoms with van der Waals surface area (Å²) in [5.74, 6) is -1.90. The van der Waals surface area contributed by atoms with Crippen LogP contribution in [0.2, 0.25) is 0 Å². The molecule has 0 aliphatic carbocycles. The molecular formula is C35H27F2N5O6. The Labute approximate surface area is 271 Å². The van der Waals surface area contributed by atoms with E-state index >= 15 is 4.39 Å². The molecule has 0 bridgehead atoms. The molecule has 0 saturated heterocycles. The molecule has 13 heteroatoms. The van der Waals surface area contributed by atoms with Gasteiger partial charge in [0.05, 0.1) is 12.8 Å². The molecular weight excluding hydrogens is 624 g/mol. The minimum atomic E-state index is -0.886. The van der Waals surface area contributed by atoms with Gasteiger partial charge in [0, 0.05) is 41.5 Å². The lowest BCUT2D eigenvalue weighted by atomic mass is 10.0. The van der Waals surface area contributed by atoms with Crippen molar-refractivity contribution in [2.45, 2.75) is 13.5 Å². The molecule has 3 aromatic heterocycles. The van der Waals surface area contributed by atoms with Crippen LogP contribution in [0.4, 0.5) is 19.3 Å². The first kappa shape index (κ1) is 31.5. The number of hydrogen-bond acceptors (Lipinski definition) is 7. The fourth-order valence-electron chi connectivity index (χ4n) is 5.10. The van der Waals surface area contributed by atoms with Crippen molar-refractivity contribution in [3.05, 3.63) is 137 Å². The molecule has 6 rings (SSSR count). The van der Waals surface area contributed by atoms with Crippen molar-refractivity contribution in [1.29, 1.82) is 0 Å². The van der Waals surface area contributed by atoms with Gasteiger partial charge in [-0.2, -0.15) is 5.10 Å². The number of rotatable bonds is 10. The Morgan fingerprint density at radius 1 is 0.917 bits per heavy atom. The number of amides is 2. The second-order valence-corrected chi connectivity index (χ2v) is 10.4. The molecule has 0 atom stereocenters. The minimum absolute atomic E-state index is 0.00768. The van der Waals surface area contributed by atoms with Gasteiger partial charge in [-0.15, -0.1) is 0 Å². The van der Waals surface area contributed by atoms with Crippen LogP contribution in [0.3, 0.4) is 0 Å². The maximum Gasteiger partial charge on any atom is 0.404 e. The summed E-state index contributed by atoms with van der Waals surface area (Å²) < 4.78 is 48.1. The molecule has 48 heavy (non-hydrogen) atoms. The third kappa shape index (κ3) is 6.56. The van der Waals surface area contributed by atoms with Gasteiger partial charge in [-0.25, -0.2) is 18.1 Å². The van der Waals surface area contributed by atoms with Crippen molar-refractivity contribution in [2.24, 2.45) is 5.73 Å². The van der Waals surface area contributed by atoms with E-state index in [4.69, 9.17) is 19.9 Å². The van der Waals surface area contributed by atoms with Crippen molar-refractivity contribution >= 4 is 23.2 Å². The van der Waals surface area contributed by atoms with E-state index in [1.807, 2.05) is 18.2 Å². The number of hydrogen-bond donors (Lipinski definition) is 2. The summed E-state index contributed by atoms with van der Waals surface area (Å²) in [6.45, 7) is 1.88. The van der Waals surface area contributed by atoms with Gasteiger partial charge in [0.25, 0.3) is 11.5 Å². The van der Waals surface area contributed by atoms with Crippen LogP contribution < -0.4 is 26.1 Å². The maximum absolute atomic E-state index is 15.5. The summed E-state index contributed by atoms with van der Waals surface area (Å²) in [6.07, 6.45) is 3.76. The molecule has 0 spiro atoms. The van der Waals surface area contributed by atoms with Crippen LogP contribution in [-0.2, 0) is 11.3 Å². The molecule has 0 aliphatic heterocycles. The molecule has 0 saturated carbocycles. The van der Waals surface area contributed by atoms with Gasteiger partial charge in [-0.1, -0.05) is 18.2 Å². The Bertz CT molecular complexity index is 2210. The van der Waals surface area contributed by atoms with Crippen LogP contribution >= 0.6 is 0 Å². The Balaban J connectivity index is 1.27. The molecule has 0 radical (unpaired) electrons. The monoisotopic (exact) mass is 651 g/mol. The standard InChI is InChI=1S/C35H27F2N5O6/c1-2-46-29-14-16-41(25-9-6-23(36)7-10-25)34(44)31(29)33(43)40-24-8-11-28(27(37)19-24)48-30-12-15-39-42-17-13-26(32(30)42)22-5-3-4-21(18-22)20-47-35(38)45/h3-19H,2,20H2,1H3,(H2,38,45)(H,40,43). The molecule has 0 fully saturated rings. The van der Waals surface area contributed by atoms with E-state index < -0.39 is 29.2 Å². The third-order valence-corrected chi connectivity index (χ3v) is 7.23. The number of pyridine rings is 1. The number of carbonyl (C=O) groups excluding carboxylic acids is 2. The van der Waals surface area contributed by atoms with E-state index in [1.165, 1.54) is 59.4 Å². The van der Waals surface area contributed by atoms with Crippen LogP contribution in [-0.4, -0.2) is 32.8 Å². The summed E-state index contributed by atoms with van der Waals surface area (Å²) in [7, 11) is 0. The quantitative estimate of drug-likeness (QED) is 0.173. The fourth-order valence-corrected chi connectivity index (χ4v) is 5.10. The van der Waals surface area contributed by atoms with Crippen LogP contribution in [0.15, 0.2) is 108 Å². The van der Waals surface area contributed by atoms with Gasteiger partial charge in [-0.05, 0) is 72.6 Å². The largest absolute Gasteiger partial charge is 0.493 e. The average molecular weight is 652 g/mol. The first-order valence-corrected chi connectivity index (χ1v) is 14.6. The molecule has 2 amide bonds. The van der Waals surface area contributed by atoms with Crippen molar-refractivity contribution in [3.8, 4) is 34.1 Å². The molecule has 6 aromatic rings. The summed E-state index contributed by atoms with van der Waals surface area (Å²) in [5.41, 5.74) is 7.22. The zero-order valence-electron chi connectivity index (χ0n) is 25.4.